The second kappa shape index (κ2) is 10.2. The standard InChI is InChI=1S/C28H27N5O9/c1-33(2)21-14-8-11-7-13-12(15-5-3-4-6-30-15)9-16(32-17(34)10-31-42)22(35)19(13)23(36)18(11)25(38)28(14,41)26(39)20(24(21)37)27(29)40/h3-6,9,11,14,21,35-36,39,41H,7-8,10H2,1-2H3,(H2,29,40)(H,32,34)/t11-,14-,21+,28-/m0/s1. The fraction of sp³-hybridized carbons (Fsp3) is 0.321. The highest BCUT2D eigenvalue weighted by Gasteiger charge is 2.64. The number of hydrogen-bond acceptors (Lipinski definition) is 12. The maximum absolute atomic E-state index is 14.0. The highest BCUT2D eigenvalue weighted by atomic mass is 16.3. The number of fused-ring (bicyclic) bond motifs is 3. The predicted octanol–water partition coefficient (Wildman–Crippen LogP) is 0.731. The van der Waals surface area contributed by atoms with E-state index >= 15 is 0 Å². The van der Waals surface area contributed by atoms with Gasteiger partial charge in [0.25, 0.3) is 5.91 Å². The van der Waals surface area contributed by atoms with Crippen LogP contribution in [-0.2, 0) is 25.6 Å². The number of nitrogens with zero attached hydrogens (tertiary/aromatic N) is 3. The van der Waals surface area contributed by atoms with Crippen LogP contribution in [0.3, 0.4) is 0 Å². The molecule has 0 bridgehead atoms. The molecule has 1 aromatic carbocycles. The van der Waals surface area contributed by atoms with E-state index in [4.69, 9.17) is 5.73 Å². The number of hydrogen-bond donors (Lipinski definition) is 6. The van der Waals surface area contributed by atoms with Crippen molar-refractivity contribution < 1.29 is 39.6 Å². The number of nitroso groups, excluding NO2 is 1. The summed E-state index contributed by atoms with van der Waals surface area (Å²) in [6.45, 7) is -0.753. The maximum Gasteiger partial charge on any atom is 0.255 e. The number of pyridine rings is 1. The monoisotopic (exact) mass is 577 g/mol. The minimum absolute atomic E-state index is 0.0259. The van der Waals surface area contributed by atoms with Gasteiger partial charge in [-0.15, -0.1) is 0 Å². The van der Waals surface area contributed by atoms with E-state index in [-0.39, 0.29) is 29.7 Å². The molecule has 14 nitrogen and oxygen atoms in total. The minimum Gasteiger partial charge on any atom is -0.508 e. The van der Waals surface area contributed by atoms with Gasteiger partial charge < -0.3 is 31.5 Å². The fourth-order valence-corrected chi connectivity index (χ4v) is 6.41. The molecule has 218 valence electrons. The summed E-state index contributed by atoms with van der Waals surface area (Å²) in [5.41, 5.74) is 2.02. The third-order valence-electron chi connectivity index (χ3n) is 8.14. The average molecular weight is 578 g/mol. The van der Waals surface area contributed by atoms with Gasteiger partial charge in [0.1, 0.15) is 22.8 Å². The number of aromatic nitrogens is 1. The number of rotatable bonds is 6. The molecule has 3 aliphatic rings. The molecular weight excluding hydrogens is 550 g/mol. The first-order valence-electron chi connectivity index (χ1n) is 12.9. The number of primary amides is 1. The number of aliphatic hydroxyl groups excluding tert-OH is 2. The number of aromatic hydroxyl groups is 1. The Labute approximate surface area is 238 Å². The summed E-state index contributed by atoms with van der Waals surface area (Å²) in [5.74, 6) is -8.77. The summed E-state index contributed by atoms with van der Waals surface area (Å²) in [6, 6.07) is 5.23. The van der Waals surface area contributed by atoms with Crippen molar-refractivity contribution in [2.45, 2.75) is 24.5 Å². The molecule has 1 saturated carbocycles. The first-order chi connectivity index (χ1) is 19.8. The van der Waals surface area contributed by atoms with Crippen LogP contribution in [-0.4, -0.2) is 86.0 Å². The maximum atomic E-state index is 14.0. The number of phenols is 1. The largest absolute Gasteiger partial charge is 0.508 e. The zero-order valence-corrected chi connectivity index (χ0v) is 22.5. The van der Waals surface area contributed by atoms with E-state index in [2.05, 4.69) is 15.5 Å². The summed E-state index contributed by atoms with van der Waals surface area (Å²) in [5, 5.41) is 50.4. The Balaban J connectivity index is 1.77. The lowest BCUT2D eigenvalue weighted by molar-refractivity contribution is -0.153. The Morgan fingerprint density at radius 2 is 1.93 bits per heavy atom. The molecule has 7 N–H and O–H groups in total. The van der Waals surface area contributed by atoms with Crippen molar-refractivity contribution in [3.8, 4) is 17.0 Å². The van der Waals surface area contributed by atoms with Crippen molar-refractivity contribution >= 4 is 34.8 Å². The molecule has 5 rings (SSSR count). The van der Waals surface area contributed by atoms with Gasteiger partial charge in [-0.2, -0.15) is 4.91 Å². The van der Waals surface area contributed by atoms with E-state index in [9.17, 15) is 44.5 Å². The highest BCUT2D eigenvalue weighted by molar-refractivity contribution is 6.24. The number of nitrogens with one attached hydrogen (secondary N) is 1. The number of benzene rings is 1. The molecule has 42 heavy (non-hydrogen) atoms. The zero-order valence-electron chi connectivity index (χ0n) is 22.5. The molecule has 1 fully saturated rings. The van der Waals surface area contributed by atoms with Crippen molar-refractivity contribution in [3.63, 3.8) is 0 Å². The van der Waals surface area contributed by atoms with E-state index < -0.39 is 76.2 Å². The highest BCUT2D eigenvalue weighted by Crippen LogP contribution is 2.54. The molecule has 0 unspecified atom stereocenters. The van der Waals surface area contributed by atoms with Crippen LogP contribution < -0.4 is 11.1 Å². The number of anilines is 1. The third kappa shape index (κ3) is 4.06. The number of ketones is 2. The van der Waals surface area contributed by atoms with Gasteiger partial charge in [-0.3, -0.25) is 29.1 Å². The summed E-state index contributed by atoms with van der Waals surface area (Å²) in [6.07, 6.45) is 1.45. The van der Waals surface area contributed by atoms with Crippen molar-refractivity contribution in [1.29, 1.82) is 0 Å². The SMILES string of the molecule is CN(C)[C@H]1C(=O)C(C(N)=O)=C(O)[C@@]2(O)C(=O)C3=C(O)c4c(O)c(NC(=O)CN=O)cc(-c5ccccn5)c4C[C@H]3C[C@@H]12. The Morgan fingerprint density at radius 3 is 2.52 bits per heavy atom. The number of aliphatic hydroxyl groups is 3. The molecule has 1 heterocycles. The second-order valence-electron chi connectivity index (χ2n) is 10.7. The summed E-state index contributed by atoms with van der Waals surface area (Å²) < 4.78 is 0. The number of carbonyl (C=O) groups is 4. The molecule has 4 atom stereocenters. The van der Waals surface area contributed by atoms with Gasteiger partial charge in [-0.25, -0.2) is 0 Å². The van der Waals surface area contributed by atoms with Gasteiger partial charge in [0.2, 0.25) is 11.7 Å². The van der Waals surface area contributed by atoms with Crippen LogP contribution in [0.25, 0.3) is 17.0 Å². The van der Waals surface area contributed by atoms with E-state index in [1.165, 1.54) is 31.3 Å². The molecule has 0 spiro atoms. The number of carbonyl (C=O) groups excluding carboxylic acids is 4. The van der Waals surface area contributed by atoms with Gasteiger partial charge in [0, 0.05) is 23.3 Å². The Morgan fingerprint density at radius 1 is 1.21 bits per heavy atom. The normalized spacial score (nSPS) is 25.1. The molecule has 2 aromatic rings. The predicted molar refractivity (Wildman–Crippen MR) is 147 cm³/mol. The lowest BCUT2D eigenvalue weighted by Crippen LogP contribution is -2.65. The molecule has 14 heteroatoms. The zero-order chi connectivity index (χ0) is 30.7. The van der Waals surface area contributed by atoms with E-state index in [1.54, 1.807) is 18.2 Å². The van der Waals surface area contributed by atoms with E-state index in [0.29, 0.717) is 16.8 Å². The summed E-state index contributed by atoms with van der Waals surface area (Å²) in [7, 11) is 3.03. The quantitative estimate of drug-likeness (QED) is 0.159. The van der Waals surface area contributed by atoms with Crippen molar-refractivity contribution in [2.24, 2.45) is 22.7 Å². The van der Waals surface area contributed by atoms with Crippen LogP contribution in [0.4, 0.5) is 5.69 Å². The van der Waals surface area contributed by atoms with E-state index in [1.807, 2.05) is 0 Å². The molecule has 0 aliphatic heterocycles. The molecule has 1 aromatic heterocycles. The topological polar surface area (TPSA) is 233 Å². The van der Waals surface area contributed by atoms with Crippen LogP contribution in [0.1, 0.15) is 17.5 Å². The van der Waals surface area contributed by atoms with Crippen molar-refractivity contribution in [2.75, 3.05) is 26.0 Å². The first kappa shape index (κ1) is 28.6. The molecule has 0 radical (unpaired) electrons. The van der Waals surface area contributed by atoms with Gasteiger partial charge in [-0.05, 0) is 56.6 Å². The van der Waals surface area contributed by atoms with E-state index in [0.717, 1.165) is 0 Å². The number of nitrogens with two attached hydrogens (primary N) is 1. The molecule has 0 saturated heterocycles. The molecule has 3 aliphatic carbocycles. The third-order valence-corrected chi connectivity index (χ3v) is 8.14. The minimum atomic E-state index is -2.79. The van der Waals surface area contributed by atoms with Gasteiger partial charge in [0.05, 0.1) is 23.0 Å². The number of likely N-dealkylation sites (N-methyl/N-ethyl adjacent to an activating group) is 1. The Hall–Kier alpha value is -4.95. The lowest BCUT2D eigenvalue weighted by atomic mass is 9.57. The van der Waals surface area contributed by atoms with Crippen molar-refractivity contribution in [1.82, 2.24) is 9.88 Å². The van der Waals surface area contributed by atoms with Crippen LogP contribution in [0.15, 0.2) is 52.5 Å². The molecule has 2 amide bonds. The lowest BCUT2D eigenvalue weighted by Gasteiger charge is -2.50. The number of amides is 2. The van der Waals surface area contributed by atoms with Gasteiger partial charge >= 0.3 is 0 Å². The average Bonchev–Trinajstić information content (AvgIpc) is 2.92. The number of phenolic OH excluding ortho intramolecular Hbond substituents is 1. The molecular formula is C28H27N5O9. The second-order valence-corrected chi connectivity index (χ2v) is 10.7. The Bertz CT molecular complexity index is 1630. The Kier molecular flexibility index (Phi) is 6.91. The van der Waals surface area contributed by atoms with Gasteiger partial charge in [0.15, 0.2) is 17.9 Å². The fourth-order valence-electron chi connectivity index (χ4n) is 6.41. The van der Waals surface area contributed by atoms with Crippen LogP contribution in [0, 0.1) is 16.7 Å². The number of Topliss-reactive ketones (excluding diaryl/α,β-unsaturated/α-hetero) is 2. The van der Waals surface area contributed by atoms with Crippen LogP contribution in [0.5, 0.6) is 5.75 Å². The van der Waals surface area contributed by atoms with Crippen LogP contribution in [0.2, 0.25) is 0 Å². The summed E-state index contributed by atoms with van der Waals surface area (Å²) >= 11 is 0. The first-order valence-corrected chi connectivity index (χ1v) is 12.9. The van der Waals surface area contributed by atoms with Crippen LogP contribution >= 0.6 is 0 Å². The van der Waals surface area contributed by atoms with Crippen molar-refractivity contribution in [3.05, 3.63) is 63.4 Å². The summed E-state index contributed by atoms with van der Waals surface area (Å²) in [4.78, 5) is 68.0. The smallest absolute Gasteiger partial charge is 0.255 e. The van der Waals surface area contributed by atoms with Gasteiger partial charge in [-0.1, -0.05) is 11.2 Å².